The van der Waals surface area contributed by atoms with Gasteiger partial charge in [0.15, 0.2) is 0 Å². The average molecular weight is 222 g/mol. The van der Waals surface area contributed by atoms with E-state index < -0.39 is 10.7 Å². The Balaban J connectivity index is 2.45. The first-order chi connectivity index (χ1) is 7.58. The fourth-order valence-corrected chi connectivity index (χ4v) is 1.24. The highest BCUT2D eigenvalue weighted by atomic mass is 19.1. The van der Waals surface area contributed by atoms with Crippen LogP contribution in [0.2, 0.25) is 0 Å². The quantitative estimate of drug-likeness (QED) is 0.616. The molecule has 1 heterocycles. The van der Waals surface area contributed by atoms with E-state index >= 15 is 0 Å². The number of nitrogen functional groups attached to an aromatic ring is 1. The van der Waals surface area contributed by atoms with E-state index in [4.69, 9.17) is 5.73 Å². The Hall–Kier alpha value is -2.44. The number of nitrogens with zero attached hydrogens (tertiary/aromatic N) is 3. The Kier molecular flexibility index (Phi) is 2.28. The molecule has 2 N–H and O–H groups in total. The van der Waals surface area contributed by atoms with Gasteiger partial charge in [0.05, 0.1) is 10.6 Å². The van der Waals surface area contributed by atoms with E-state index in [0.717, 1.165) is 0 Å². The molecule has 0 aliphatic heterocycles. The van der Waals surface area contributed by atoms with Crippen molar-refractivity contribution in [3.63, 3.8) is 0 Å². The summed E-state index contributed by atoms with van der Waals surface area (Å²) in [6.07, 6.45) is 1.18. The zero-order chi connectivity index (χ0) is 11.7. The van der Waals surface area contributed by atoms with Gasteiger partial charge in [-0.15, -0.1) is 5.10 Å². The Labute approximate surface area is 89.3 Å². The molecule has 2 rings (SSSR count). The van der Waals surface area contributed by atoms with Crippen LogP contribution < -0.4 is 5.73 Å². The molecule has 2 aromatic rings. The molecule has 0 spiro atoms. The lowest BCUT2D eigenvalue weighted by Crippen LogP contribution is -1.96. The van der Waals surface area contributed by atoms with Gasteiger partial charge in [0.25, 0.3) is 0 Å². The number of nitro groups is 1. The van der Waals surface area contributed by atoms with Gasteiger partial charge in [-0.1, -0.05) is 0 Å². The lowest BCUT2D eigenvalue weighted by Gasteiger charge is -1.98. The molecule has 0 aliphatic carbocycles. The molecule has 0 saturated carbocycles. The largest absolute Gasteiger partial charge is 0.376 e. The van der Waals surface area contributed by atoms with Crippen molar-refractivity contribution in [2.24, 2.45) is 0 Å². The second-order valence-corrected chi connectivity index (χ2v) is 3.08. The number of rotatable bonds is 2. The van der Waals surface area contributed by atoms with E-state index in [0.29, 0.717) is 5.69 Å². The van der Waals surface area contributed by atoms with Crippen LogP contribution >= 0.6 is 0 Å². The Morgan fingerprint density at radius 3 is 2.50 bits per heavy atom. The van der Waals surface area contributed by atoms with Crippen LogP contribution in [0.25, 0.3) is 5.69 Å². The van der Waals surface area contributed by atoms with Crippen molar-refractivity contribution < 1.29 is 9.31 Å². The number of aromatic nitrogens is 2. The van der Waals surface area contributed by atoms with Gasteiger partial charge in [-0.05, 0) is 24.3 Å². The first-order valence-electron chi connectivity index (χ1n) is 4.33. The molecule has 0 saturated heterocycles. The van der Waals surface area contributed by atoms with E-state index in [9.17, 15) is 14.5 Å². The minimum Gasteiger partial charge on any atom is -0.376 e. The maximum Gasteiger partial charge on any atom is 0.331 e. The molecular weight excluding hydrogens is 215 g/mol. The zero-order valence-corrected chi connectivity index (χ0v) is 8.00. The summed E-state index contributed by atoms with van der Waals surface area (Å²) in [5.74, 6) is -0.562. The molecule has 1 aromatic heterocycles. The summed E-state index contributed by atoms with van der Waals surface area (Å²) in [6.45, 7) is 0. The molecule has 0 unspecified atom stereocenters. The number of hydrogen-bond donors (Lipinski definition) is 1. The predicted molar refractivity (Wildman–Crippen MR) is 54.6 cm³/mol. The predicted octanol–water partition coefficient (Wildman–Crippen LogP) is 1.50. The molecule has 0 bridgehead atoms. The van der Waals surface area contributed by atoms with Crippen molar-refractivity contribution >= 4 is 11.5 Å². The number of anilines is 1. The summed E-state index contributed by atoms with van der Waals surface area (Å²) < 4.78 is 13.9. The first-order valence-corrected chi connectivity index (χ1v) is 4.33. The van der Waals surface area contributed by atoms with Gasteiger partial charge in [0.1, 0.15) is 12.0 Å². The van der Waals surface area contributed by atoms with Gasteiger partial charge in [-0.3, -0.25) is 10.1 Å². The smallest absolute Gasteiger partial charge is 0.331 e. The van der Waals surface area contributed by atoms with Crippen molar-refractivity contribution in [1.29, 1.82) is 0 Å². The molecule has 0 fully saturated rings. The van der Waals surface area contributed by atoms with Crippen molar-refractivity contribution in [3.05, 3.63) is 46.4 Å². The van der Waals surface area contributed by atoms with Crippen LogP contribution in [0.4, 0.5) is 15.9 Å². The second kappa shape index (κ2) is 3.61. The van der Waals surface area contributed by atoms with Crippen molar-refractivity contribution in [2.75, 3.05) is 5.73 Å². The standard InChI is InChI=1S/C9H7FN4O2/c10-6-1-3-7(4-2-6)13-5-8(14(15)16)9(11)12-13/h1-5H,(H2,11,12). The topological polar surface area (TPSA) is 87.0 Å². The van der Waals surface area contributed by atoms with E-state index in [1.165, 1.54) is 35.1 Å². The third-order valence-electron chi connectivity index (χ3n) is 2.01. The van der Waals surface area contributed by atoms with Crippen LogP contribution in [-0.4, -0.2) is 14.7 Å². The van der Waals surface area contributed by atoms with E-state index in [2.05, 4.69) is 5.10 Å². The van der Waals surface area contributed by atoms with Crippen LogP contribution in [0.5, 0.6) is 0 Å². The average Bonchev–Trinajstić information content (AvgIpc) is 2.61. The van der Waals surface area contributed by atoms with Crippen molar-refractivity contribution in [3.8, 4) is 5.69 Å². The number of hydrogen-bond acceptors (Lipinski definition) is 4. The van der Waals surface area contributed by atoms with Crippen LogP contribution in [-0.2, 0) is 0 Å². The maximum atomic E-state index is 12.7. The summed E-state index contributed by atoms with van der Waals surface area (Å²) in [6, 6.07) is 5.37. The second-order valence-electron chi connectivity index (χ2n) is 3.08. The van der Waals surface area contributed by atoms with E-state index in [-0.39, 0.29) is 11.5 Å². The molecule has 16 heavy (non-hydrogen) atoms. The molecule has 82 valence electrons. The fourth-order valence-electron chi connectivity index (χ4n) is 1.24. The molecule has 6 nitrogen and oxygen atoms in total. The Bertz CT molecular complexity index is 535. The monoisotopic (exact) mass is 222 g/mol. The third kappa shape index (κ3) is 1.70. The van der Waals surface area contributed by atoms with Gasteiger partial charge in [0, 0.05) is 0 Å². The van der Waals surface area contributed by atoms with Crippen LogP contribution in [0, 0.1) is 15.9 Å². The third-order valence-corrected chi connectivity index (χ3v) is 2.01. The molecule has 0 amide bonds. The van der Waals surface area contributed by atoms with Gasteiger partial charge in [-0.2, -0.15) is 0 Å². The van der Waals surface area contributed by atoms with Crippen LogP contribution in [0.3, 0.4) is 0 Å². The minimum absolute atomic E-state index is 0.172. The zero-order valence-electron chi connectivity index (χ0n) is 8.00. The lowest BCUT2D eigenvalue weighted by molar-refractivity contribution is -0.384. The number of halogens is 1. The molecule has 1 aromatic carbocycles. The van der Waals surface area contributed by atoms with Crippen molar-refractivity contribution in [1.82, 2.24) is 9.78 Å². The van der Waals surface area contributed by atoms with E-state index in [1.54, 1.807) is 0 Å². The van der Waals surface area contributed by atoms with Gasteiger partial charge in [-0.25, -0.2) is 9.07 Å². The highest BCUT2D eigenvalue weighted by molar-refractivity contribution is 5.52. The Morgan fingerprint density at radius 1 is 1.38 bits per heavy atom. The molecule has 0 aliphatic rings. The molecular formula is C9H7FN4O2. The Morgan fingerprint density at radius 2 is 2.00 bits per heavy atom. The summed E-state index contributed by atoms with van der Waals surface area (Å²) in [4.78, 5) is 9.91. The number of benzene rings is 1. The normalized spacial score (nSPS) is 10.3. The van der Waals surface area contributed by atoms with Crippen molar-refractivity contribution in [2.45, 2.75) is 0 Å². The minimum atomic E-state index is -0.623. The maximum absolute atomic E-state index is 12.7. The highest BCUT2D eigenvalue weighted by Crippen LogP contribution is 2.21. The summed E-state index contributed by atoms with van der Waals surface area (Å²) >= 11 is 0. The SMILES string of the molecule is Nc1nn(-c2ccc(F)cc2)cc1[N+](=O)[O-]. The van der Waals surface area contributed by atoms with Gasteiger partial charge in [0.2, 0.25) is 5.82 Å². The van der Waals surface area contributed by atoms with Gasteiger partial charge < -0.3 is 5.73 Å². The summed E-state index contributed by atoms with van der Waals surface area (Å²) in [5.41, 5.74) is 5.59. The molecule has 0 radical (unpaired) electrons. The molecule has 0 atom stereocenters. The van der Waals surface area contributed by atoms with E-state index in [1.807, 2.05) is 0 Å². The lowest BCUT2D eigenvalue weighted by atomic mass is 10.3. The first kappa shape index (κ1) is 10.1. The van der Waals surface area contributed by atoms with Gasteiger partial charge >= 0.3 is 5.69 Å². The molecule has 7 heteroatoms. The highest BCUT2D eigenvalue weighted by Gasteiger charge is 2.16. The summed E-state index contributed by atoms with van der Waals surface area (Å²) in [5, 5.41) is 14.3. The summed E-state index contributed by atoms with van der Waals surface area (Å²) in [7, 11) is 0. The van der Waals surface area contributed by atoms with Crippen LogP contribution in [0.15, 0.2) is 30.5 Å². The van der Waals surface area contributed by atoms with Crippen LogP contribution in [0.1, 0.15) is 0 Å². The fraction of sp³-hybridized carbons (Fsp3) is 0. The number of nitrogens with two attached hydrogens (primary N) is 1.